The highest BCUT2D eigenvalue weighted by Crippen LogP contribution is 2.20. The lowest BCUT2D eigenvalue weighted by atomic mass is 10.1. The molecular formula is C23H32N3O3S+. The summed E-state index contributed by atoms with van der Waals surface area (Å²) in [6, 6.07) is 11.7. The number of sulfonamides is 1. The molecule has 1 aromatic carbocycles. The van der Waals surface area contributed by atoms with Crippen molar-refractivity contribution in [1.29, 1.82) is 0 Å². The largest absolute Gasteiger partial charge is 0.346 e. The number of benzene rings is 1. The van der Waals surface area contributed by atoms with E-state index in [2.05, 4.69) is 18.4 Å². The molecule has 1 N–H and O–H groups in total. The fraction of sp³-hybridized carbons (Fsp3) is 0.435. The smallest absolute Gasteiger partial charge is 0.236 e. The van der Waals surface area contributed by atoms with E-state index in [9.17, 15) is 13.2 Å². The van der Waals surface area contributed by atoms with E-state index in [1.165, 1.54) is 9.71 Å². The maximum atomic E-state index is 12.9. The van der Waals surface area contributed by atoms with Crippen LogP contribution in [-0.2, 0) is 10.0 Å². The lowest BCUT2D eigenvalue weighted by Crippen LogP contribution is -3.15. The molecule has 1 aliphatic heterocycles. The van der Waals surface area contributed by atoms with Crippen LogP contribution < -0.4 is 4.90 Å². The van der Waals surface area contributed by atoms with E-state index in [0.717, 1.165) is 27.4 Å². The summed E-state index contributed by atoms with van der Waals surface area (Å²) in [6.07, 6.45) is 1.63. The van der Waals surface area contributed by atoms with Crippen molar-refractivity contribution >= 4 is 21.9 Å². The summed E-state index contributed by atoms with van der Waals surface area (Å²) in [5.74, 6) is 0.130. The maximum absolute atomic E-state index is 12.9. The fourth-order valence-electron chi connectivity index (χ4n) is 4.22. The second kappa shape index (κ2) is 9.29. The topological polar surface area (TPSA) is 63.8 Å². The molecule has 1 fully saturated rings. The van der Waals surface area contributed by atoms with Gasteiger partial charge in [0, 0.05) is 28.4 Å². The molecule has 0 aliphatic carbocycles. The quantitative estimate of drug-likeness (QED) is 0.684. The Morgan fingerprint density at radius 3 is 2.33 bits per heavy atom. The minimum absolute atomic E-state index is 0.130. The van der Waals surface area contributed by atoms with Gasteiger partial charge in [0.1, 0.15) is 6.54 Å². The van der Waals surface area contributed by atoms with Gasteiger partial charge in [-0.15, -0.1) is 0 Å². The summed E-state index contributed by atoms with van der Waals surface area (Å²) >= 11 is 0. The predicted octanol–water partition coefficient (Wildman–Crippen LogP) is 2.07. The second-order valence-corrected chi connectivity index (χ2v) is 10.1. The van der Waals surface area contributed by atoms with Gasteiger partial charge in [0.2, 0.25) is 15.8 Å². The number of Topliss-reactive ketones (excluding diaryl/α,β-unsaturated/α-hetero) is 1. The standard InChI is InChI=1S/C23H31N3O3S/c1-18(2)26-19(3)16-22(20(26)4)23(27)17-24-11-13-25(14-12-24)30(28,29)15-10-21-8-6-5-7-9-21/h5-10,15-16,18H,11-14,17H2,1-4H3/p+1/b15-10+. The molecule has 2 aromatic rings. The normalized spacial score (nSPS) is 16.6. The van der Waals surface area contributed by atoms with Crippen molar-refractivity contribution in [2.75, 3.05) is 32.7 Å². The second-order valence-electron chi connectivity index (χ2n) is 8.26. The zero-order chi connectivity index (χ0) is 21.9. The number of quaternary nitrogens is 1. The summed E-state index contributed by atoms with van der Waals surface area (Å²) in [5, 5.41) is 1.28. The first-order chi connectivity index (χ1) is 14.2. The van der Waals surface area contributed by atoms with Crippen molar-refractivity contribution in [3.8, 4) is 0 Å². The third-order valence-electron chi connectivity index (χ3n) is 5.73. The van der Waals surface area contributed by atoms with Gasteiger partial charge in [-0.3, -0.25) is 4.79 Å². The minimum Gasteiger partial charge on any atom is -0.346 e. The molecule has 1 saturated heterocycles. The van der Waals surface area contributed by atoms with E-state index in [4.69, 9.17) is 0 Å². The first-order valence-corrected chi connectivity index (χ1v) is 12.0. The molecular weight excluding hydrogens is 398 g/mol. The van der Waals surface area contributed by atoms with E-state index in [1.807, 2.05) is 50.2 Å². The van der Waals surface area contributed by atoms with Crippen molar-refractivity contribution < 1.29 is 18.1 Å². The molecule has 3 rings (SSSR count). The summed E-state index contributed by atoms with van der Waals surface area (Å²) < 4.78 is 28.9. The minimum atomic E-state index is -3.45. The van der Waals surface area contributed by atoms with Gasteiger partial charge in [-0.2, -0.15) is 4.31 Å². The van der Waals surface area contributed by atoms with Crippen LogP contribution >= 0.6 is 0 Å². The number of piperazine rings is 1. The van der Waals surface area contributed by atoms with Gasteiger partial charge in [-0.25, -0.2) is 8.42 Å². The summed E-state index contributed by atoms with van der Waals surface area (Å²) in [7, 11) is -3.45. The number of nitrogens with one attached hydrogen (secondary N) is 1. The lowest BCUT2D eigenvalue weighted by Gasteiger charge is -2.30. The van der Waals surface area contributed by atoms with Crippen molar-refractivity contribution in [1.82, 2.24) is 8.87 Å². The molecule has 0 radical (unpaired) electrons. The Balaban J connectivity index is 1.59. The average molecular weight is 431 g/mol. The summed E-state index contributed by atoms with van der Waals surface area (Å²) in [5.41, 5.74) is 3.76. The van der Waals surface area contributed by atoms with Crippen LogP contribution in [0.1, 0.15) is 47.2 Å². The van der Waals surface area contributed by atoms with Crippen molar-refractivity contribution in [3.05, 3.63) is 64.3 Å². The number of aryl methyl sites for hydroxylation is 1. The van der Waals surface area contributed by atoms with Crippen LogP contribution in [-0.4, -0.2) is 55.8 Å². The van der Waals surface area contributed by atoms with E-state index < -0.39 is 10.0 Å². The molecule has 6 nitrogen and oxygen atoms in total. The van der Waals surface area contributed by atoms with Gasteiger partial charge in [-0.1, -0.05) is 30.3 Å². The van der Waals surface area contributed by atoms with Gasteiger partial charge in [0.25, 0.3) is 0 Å². The molecule has 1 aliphatic rings. The molecule has 1 aromatic heterocycles. The molecule has 30 heavy (non-hydrogen) atoms. The predicted molar refractivity (Wildman–Crippen MR) is 120 cm³/mol. The van der Waals surface area contributed by atoms with E-state index >= 15 is 0 Å². The van der Waals surface area contributed by atoms with Crippen LogP contribution in [0.2, 0.25) is 0 Å². The molecule has 0 saturated carbocycles. The van der Waals surface area contributed by atoms with Crippen LogP contribution in [0.3, 0.4) is 0 Å². The van der Waals surface area contributed by atoms with Gasteiger partial charge < -0.3 is 9.47 Å². The van der Waals surface area contributed by atoms with Crippen LogP contribution in [0.4, 0.5) is 0 Å². The molecule has 7 heteroatoms. The Hall–Kier alpha value is -2.22. The van der Waals surface area contributed by atoms with Gasteiger partial charge >= 0.3 is 0 Å². The maximum Gasteiger partial charge on any atom is 0.236 e. The van der Waals surface area contributed by atoms with Crippen molar-refractivity contribution in [3.63, 3.8) is 0 Å². The third-order valence-corrected chi connectivity index (χ3v) is 7.30. The lowest BCUT2D eigenvalue weighted by molar-refractivity contribution is -0.895. The molecule has 0 unspecified atom stereocenters. The van der Waals surface area contributed by atoms with Gasteiger partial charge in [0.15, 0.2) is 0 Å². The Labute approximate surface area is 179 Å². The molecule has 162 valence electrons. The van der Waals surface area contributed by atoms with Gasteiger partial charge in [0.05, 0.1) is 26.2 Å². The summed E-state index contributed by atoms with van der Waals surface area (Å²) in [4.78, 5) is 14.0. The van der Waals surface area contributed by atoms with Gasteiger partial charge in [-0.05, 0) is 45.4 Å². The number of carbonyl (C=O) groups is 1. The average Bonchev–Trinajstić information content (AvgIpc) is 3.02. The molecule has 0 atom stereocenters. The fourth-order valence-corrected chi connectivity index (χ4v) is 5.42. The Morgan fingerprint density at radius 1 is 1.13 bits per heavy atom. The van der Waals surface area contributed by atoms with Crippen LogP contribution in [0.5, 0.6) is 0 Å². The van der Waals surface area contributed by atoms with Crippen LogP contribution in [0, 0.1) is 13.8 Å². The first-order valence-electron chi connectivity index (χ1n) is 10.5. The van der Waals surface area contributed by atoms with E-state index in [-0.39, 0.29) is 5.78 Å². The zero-order valence-electron chi connectivity index (χ0n) is 18.3. The van der Waals surface area contributed by atoms with Crippen molar-refractivity contribution in [2.24, 2.45) is 0 Å². The highest BCUT2D eigenvalue weighted by Gasteiger charge is 2.29. The first kappa shape index (κ1) is 22.5. The SMILES string of the molecule is Cc1cc(C(=O)C[NH+]2CCN(S(=O)(=O)/C=C/c3ccccc3)CC2)c(C)n1C(C)C. The number of rotatable bonds is 7. The number of ketones is 1. The Kier molecular flexibility index (Phi) is 6.95. The van der Waals surface area contributed by atoms with E-state index in [0.29, 0.717) is 38.8 Å². The number of hydrogen-bond acceptors (Lipinski definition) is 3. The number of carbonyl (C=O) groups excluding carboxylic acids is 1. The number of nitrogens with zero attached hydrogens (tertiary/aromatic N) is 2. The molecule has 0 bridgehead atoms. The number of hydrogen-bond donors (Lipinski definition) is 1. The number of aromatic nitrogens is 1. The Bertz CT molecular complexity index is 1020. The Morgan fingerprint density at radius 2 is 1.77 bits per heavy atom. The summed E-state index contributed by atoms with van der Waals surface area (Å²) in [6.45, 7) is 10.8. The highest BCUT2D eigenvalue weighted by atomic mass is 32.2. The van der Waals surface area contributed by atoms with E-state index in [1.54, 1.807) is 6.08 Å². The molecule has 0 amide bonds. The monoisotopic (exact) mass is 430 g/mol. The van der Waals surface area contributed by atoms with Crippen LogP contribution in [0.25, 0.3) is 6.08 Å². The third kappa shape index (κ3) is 5.09. The van der Waals surface area contributed by atoms with Crippen molar-refractivity contribution in [2.45, 2.75) is 33.7 Å². The highest BCUT2D eigenvalue weighted by molar-refractivity contribution is 7.92. The molecule has 2 heterocycles. The zero-order valence-corrected chi connectivity index (χ0v) is 19.1. The molecule has 0 spiro atoms. The van der Waals surface area contributed by atoms with Crippen LogP contribution in [0.15, 0.2) is 41.8 Å².